The molecular weight excluding hydrogens is 284 g/mol. The number of nitrogens with zero attached hydrogens (tertiary/aromatic N) is 1. The third kappa shape index (κ3) is 6.09. The van der Waals surface area contributed by atoms with Crippen LogP contribution >= 0.6 is 0 Å². The molecule has 1 unspecified atom stereocenters. The predicted octanol–water partition coefficient (Wildman–Crippen LogP) is 0.700. The van der Waals surface area contributed by atoms with Crippen molar-refractivity contribution >= 4 is 18.4 Å². The molecule has 2 rings (SSSR count). The maximum absolute atomic E-state index is 10.3. The predicted molar refractivity (Wildman–Crippen MR) is 80.9 cm³/mol. The van der Waals surface area contributed by atoms with Crippen molar-refractivity contribution in [3.05, 3.63) is 47.8 Å². The number of carbonyl (C=O) groups excluding carboxylic acids is 3. The lowest BCUT2D eigenvalue weighted by Crippen LogP contribution is -2.21. The minimum atomic E-state index is 0.132. The highest BCUT2D eigenvalue weighted by Gasteiger charge is 2.22. The van der Waals surface area contributed by atoms with Gasteiger partial charge in [-0.2, -0.15) is 0 Å². The highest BCUT2D eigenvalue weighted by atomic mass is 16.5. The van der Waals surface area contributed by atoms with Crippen molar-refractivity contribution in [2.24, 2.45) is 0 Å². The Labute approximate surface area is 129 Å². The van der Waals surface area contributed by atoms with Gasteiger partial charge in [-0.25, -0.2) is 9.59 Å². The second-order valence-electron chi connectivity index (χ2n) is 4.62. The Morgan fingerprint density at radius 3 is 2.64 bits per heavy atom. The standard InChI is InChI=1S/C8H10N2O2.C8H8O2/c1-10-5-7(3-2-4-11)9-8(10)6-12;9-7-10-6-8-4-2-1-3-5-8/h2,7,9H,3,5H2,1H3;1-5,7H,6H2. The highest BCUT2D eigenvalue weighted by molar-refractivity contribution is 5.52. The summed E-state index contributed by atoms with van der Waals surface area (Å²) < 4.78 is 4.54. The number of hydrogen-bond donors (Lipinski definition) is 1. The molecule has 0 amide bonds. The van der Waals surface area contributed by atoms with Gasteiger partial charge in [0.2, 0.25) is 0 Å². The Balaban J connectivity index is 0.000000224. The fourth-order valence-corrected chi connectivity index (χ4v) is 1.91. The molecule has 1 N–H and O–H groups in total. The van der Waals surface area contributed by atoms with E-state index in [1.807, 2.05) is 30.3 Å². The number of likely N-dealkylation sites (N-methyl/N-ethyl adjacent to an activating group) is 1. The molecule has 0 saturated carbocycles. The van der Waals surface area contributed by atoms with Crippen LogP contribution in [0.2, 0.25) is 0 Å². The van der Waals surface area contributed by atoms with Crippen LogP contribution in [-0.2, 0) is 25.7 Å². The van der Waals surface area contributed by atoms with Gasteiger partial charge in [0.15, 0.2) is 11.8 Å². The summed E-state index contributed by atoms with van der Waals surface area (Å²) >= 11 is 0. The minimum Gasteiger partial charge on any atom is -0.463 e. The monoisotopic (exact) mass is 302 g/mol. The highest BCUT2D eigenvalue weighted by Crippen LogP contribution is 2.09. The van der Waals surface area contributed by atoms with Crippen molar-refractivity contribution in [2.45, 2.75) is 19.1 Å². The number of nitrogens with one attached hydrogen (secondary N) is 1. The molecule has 1 aliphatic heterocycles. The second-order valence-corrected chi connectivity index (χ2v) is 4.62. The van der Waals surface area contributed by atoms with Crippen LogP contribution < -0.4 is 5.32 Å². The fraction of sp³-hybridized carbons (Fsp3) is 0.312. The zero-order valence-electron chi connectivity index (χ0n) is 12.3. The minimum absolute atomic E-state index is 0.132. The SMILES string of the molecule is CN1CC(CC=C=O)NC1=C=O.O=COCc1ccccc1. The van der Waals surface area contributed by atoms with Gasteiger partial charge in [-0.05, 0) is 12.0 Å². The normalized spacial score (nSPS) is 15.6. The maximum Gasteiger partial charge on any atom is 0.293 e. The van der Waals surface area contributed by atoms with Gasteiger partial charge in [0, 0.05) is 25.7 Å². The molecule has 0 bridgehead atoms. The van der Waals surface area contributed by atoms with Crippen LogP contribution in [0.1, 0.15) is 12.0 Å². The topological polar surface area (TPSA) is 75.7 Å². The average molecular weight is 302 g/mol. The van der Waals surface area contributed by atoms with E-state index in [2.05, 4.69) is 10.1 Å². The summed E-state index contributed by atoms with van der Waals surface area (Å²) in [4.78, 5) is 31.7. The molecule has 0 aromatic heterocycles. The Kier molecular flexibility index (Phi) is 7.83. The first-order valence-electron chi connectivity index (χ1n) is 6.72. The van der Waals surface area contributed by atoms with Crippen LogP contribution in [0, 0.1) is 0 Å². The lowest BCUT2D eigenvalue weighted by molar-refractivity contribution is -0.129. The Bertz CT molecular complexity index is 561. The number of ether oxygens (including phenoxy) is 1. The van der Waals surface area contributed by atoms with Gasteiger partial charge in [0.1, 0.15) is 12.5 Å². The number of rotatable bonds is 5. The molecule has 1 aromatic carbocycles. The average Bonchev–Trinajstić information content (AvgIpc) is 2.92. The van der Waals surface area contributed by atoms with Crippen molar-refractivity contribution in [3.8, 4) is 0 Å². The van der Waals surface area contributed by atoms with Crippen molar-refractivity contribution in [1.82, 2.24) is 10.2 Å². The number of benzene rings is 1. The van der Waals surface area contributed by atoms with E-state index in [9.17, 15) is 14.4 Å². The fourth-order valence-electron chi connectivity index (χ4n) is 1.91. The second kappa shape index (κ2) is 10.00. The summed E-state index contributed by atoms with van der Waals surface area (Å²) in [7, 11) is 1.80. The molecule has 22 heavy (non-hydrogen) atoms. The molecule has 1 fully saturated rings. The van der Waals surface area contributed by atoms with E-state index in [-0.39, 0.29) is 6.04 Å². The summed E-state index contributed by atoms with van der Waals surface area (Å²) in [5.74, 6) is 3.95. The lowest BCUT2D eigenvalue weighted by atomic mass is 10.2. The number of hydrogen-bond acceptors (Lipinski definition) is 6. The first kappa shape index (κ1) is 17.2. The van der Waals surface area contributed by atoms with Gasteiger partial charge in [-0.15, -0.1) is 0 Å². The van der Waals surface area contributed by atoms with Crippen LogP contribution in [0.3, 0.4) is 0 Å². The van der Waals surface area contributed by atoms with E-state index in [4.69, 9.17) is 0 Å². The van der Waals surface area contributed by atoms with Gasteiger partial charge < -0.3 is 15.0 Å². The van der Waals surface area contributed by atoms with Crippen molar-refractivity contribution in [3.63, 3.8) is 0 Å². The van der Waals surface area contributed by atoms with Crippen LogP contribution in [0.5, 0.6) is 0 Å². The van der Waals surface area contributed by atoms with Gasteiger partial charge in [0.05, 0.1) is 0 Å². The van der Waals surface area contributed by atoms with Crippen molar-refractivity contribution in [1.29, 1.82) is 0 Å². The summed E-state index contributed by atoms with van der Waals surface area (Å²) in [5, 5.41) is 2.93. The van der Waals surface area contributed by atoms with E-state index in [0.717, 1.165) is 12.1 Å². The molecule has 6 nitrogen and oxygen atoms in total. The van der Waals surface area contributed by atoms with Gasteiger partial charge in [-0.1, -0.05) is 30.3 Å². The number of carbonyl (C=O) groups is 1. The third-order valence-electron chi connectivity index (χ3n) is 2.96. The molecule has 0 aliphatic carbocycles. The third-order valence-corrected chi connectivity index (χ3v) is 2.96. The smallest absolute Gasteiger partial charge is 0.293 e. The molecular formula is C16H18N2O4. The van der Waals surface area contributed by atoms with Crippen LogP contribution in [0.4, 0.5) is 0 Å². The van der Waals surface area contributed by atoms with Crippen LogP contribution in [-0.4, -0.2) is 42.9 Å². The Morgan fingerprint density at radius 2 is 2.09 bits per heavy atom. The van der Waals surface area contributed by atoms with E-state index in [1.165, 1.54) is 6.08 Å². The van der Waals surface area contributed by atoms with Crippen molar-refractivity contribution < 1.29 is 19.1 Å². The molecule has 1 aliphatic rings. The maximum atomic E-state index is 10.3. The van der Waals surface area contributed by atoms with E-state index >= 15 is 0 Å². The molecule has 1 heterocycles. The molecule has 1 atom stereocenters. The largest absolute Gasteiger partial charge is 0.463 e. The summed E-state index contributed by atoms with van der Waals surface area (Å²) in [5.41, 5.74) is 1.01. The molecule has 1 saturated heterocycles. The molecule has 1 aromatic rings. The summed E-state index contributed by atoms with van der Waals surface area (Å²) in [6.07, 6.45) is 2.01. The van der Waals surface area contributed by atoms with Crippen LogP contribution in [0.25, 0.3) is 0 Å². The first-order valence-corrected chi connectivity index (χ1v) is 6.72. The van der Waals surface area contributed by atoms with E-state index < -0.39 is 0 Å². The quantitative estimate of drug-likeness (QED) is 0.637. The van der Waals surface area contributed by atoms with Gasteiger partial charge in [0.25, 0.3) is 6.47 Å². The van der Waals surface area contributed by atoms with E-state index in [1.54, 1.807) is 23.8 Å². The van der Waals surface area contributed by atoms with Gasteiger partial charge in [-0.3, -0.25) is 4.79 Å². The lowest BCUT2D eigenvalue weighted by Gasteiger charge is -2.05. The molecule has 6 heteroatoms. The molecule has 0 radical (unpaired) electrons. The van der Waals surface area contributed by atoms with Crippen molar-refractivity contribution in [2.75, 3.05) is 13.6 Å². The summed E-state index contributed by atoms with van der Waals surface area (Å²) in [6, 6.07) is 9.68. The summed E-state index contributed by atoms with van der Waals surface area (Å²) in [6.45, 7) is 1.54. The zero-order chi connectivity index (χ0) is 16.2. The Hall–Kier alpha value is -2.81. The van der Waals surface area contributed by atoms with Crippen LogP contribution in [0.15, 0.2) is 42.2 Å². The van der Waals surface area contributed by atoms with Gasteiger partial charge >= 0.3 is 0 Å². The Morgan fingerprint density at radius 1 is 1.36 bits per heavy atom. The molecule has 0 spiro atoms. The first-order chi connectivity index (χ1) is 10.7. The molecule has 116 valence electrons. The zero-order valence-corrected chi connectivity index (χ0v) is 12.3. The van der Waals surface area contributed by atoms with E-state index in [0.29, 0.717) is 25.3 Å².